The Morgan fingerprint density at radius 1 is 1.19 bits per heavy atom. The van der Waals surface area contributed by atoms with Crippen LogP contribution in [0.25, 0.3) is 0 Å². The molecule has 90 valence electrons. The third-order valence-electron chi connectivity index (χ3n) is 3.09. The monoisotopic (exact) mass is 221 g/mol. The van der Waals surface area contributed by atoms with Crippen molar-refractivity contribution in [3.05, 3.63) is 35.4 Å². The van der Waals surface area contributed by atoms with Gasteiger partial charge in [-0.3, -0.25) is 0 Å². The first kappa shape index (κ1) is 13.2. The van der Waals surface area contributed by atoms with Crippen LogP contribution < -0.4 is 5.32 Å². The number of hydrogen-bond acceptors (Lipinski definition) is 2. The van der Waals surface area contributed by atoms with E-state index in [1.54, 1.807) is 0 Å². The molecule has 0 saturated carbocycles. The molecule has 2 nitrogen and oxygen atoms in total. The van der Waals surface area contributed by atoms with Crippen molar-refractivity contribution in [2.45, 2.75) is 45.7 Å². The summed E-state index contributed by atoms with van der Waals surface area (Å²) in [6.45, 7) is 6.59. The van der Waals surface area contributed by atoms with E-state index in [0.717, 1.165) is 12.8 Å². The van der Waals surface area contributed by atoms with Crippen LogP contribution in [-0.2, 0) is 6.42 Å². The summed E-state index contributed by atoms with van der Waals surface area (Å²) in [5.41, 5.74) is 2.65. The molecule has 2 atom stereocenters. The van der Waals surface area contributed by atoms with Gasteiger partial charge in [0.25, 0.3) is 0 Å². The summed E-state index contributed by atoms with van der Waals surface area (Å²) in [6.07, 6.45) is 2.03. The van der Waals surface area contributed by atoms with Crippen molar-refractivity contribution in [2.24, 2.45) is 0 Å². The fourth-order valence-corrected chi connectivity index (χ4v) is 1.79. The second kappa shape index (κ2) is 6.66. The van der Waals surface area contributed by atoms with Gasteiger partial charge < -0.3 is 10.4 Å². The summed E-state index contributed by atoms with van der Waals surface area (Å²) < 4.78 is 0. The second-order valence-corrected chi connectivity index (χ2v) is 4.27. The zero-order valence-corrected chi connectivity index (χ0v) is 10.5. The molecule has 0 spiro atoms. The van der Waals surface area contributed by atoms with Gasteiger partial charge in [0, 0.05) is 12.1 Å². The maximum Gasteiger partial charge on any atom is 0.0584 e. The van der Waals surface area contributed by atoms with Crippen LogP contribution in [0.3, 0.4) is 0 Å². The summed E-state index contributed by atoms with van der Waals surface area (Å²) in [4.78, 5) is 0. The summed E-state index contributed by atoms with van der Waals surface area (Å²) in [5.74, 6) is 0. The molecule has 0 fully saturated rings. The molecule has 1 aromatic rings. The van der Waals surface area contributed by atoms with E-state index in [9.17, 15) is 0 Å². The van der Waals surface area contributed by atoms with E-state index in [0.29, 0.717) is 6.04 Å². The van der Waals surface area contributed by atoms with Gasteiger partial charge in [-0.15, -0.1) is 0 Å². The fourth-order valence-electron chi connectivity index (χ4n) is 1.79. The smallest absolute Gasteiger partial charge is 0.0584 e. The first-order chi connectivity index (χ1) is 7.71. The molecule has 0 heterocycles. The molecule has 0 radical (unpaired) electrons. The van der Waals surface area contributed by atoms with Gasteiger partial charge in [0.2, 0.25) is 0 Å². The molecule has 1 aromatic carbocycles. The normalized spacial score (nSPS) is 14.8. The maximum absolute atomic E-state index is 9.14. The third-order valence-corrected chi connectivity index (χ3v) is 3.09. The number of aryl methyl sites for hydroxylation is 1. The van der Waals surface area contributed by atoms with E-state index in [1.807, 2.05) is 0 Å². The van der Waals surface area contributed by atoms with E-state index >= 15 is 0 Å². The van der Waals surface area contributed by atoms with Gasteiger partial charge in [-0.05, 0) is 30.9 Å². The highest BCUT2D eigenvalue weighted by Crippen LogP contribution is 2.14. The molecule has 2 N–H and O–H groups in total. The van der Waals surface area contributed by atoms with Crippen LogP contribution >= 0.6 is 0 Å². The average molecular weight is 221 g/mol. The third kappa shape index (κ3) is 3.62. The van der Waals surface area contributed by atoms with Crippen molar-refractivity contribution in [2.75, 3.05) is 6.61 Å². The number of hydrogen-bond donors (Lipinski definition) is 2. The molecule has 0 aromatic heterocycles. The van der Waals surface area contributed by atoms with Crippen molar-refractivity contribution < 1.29 is 5.11 Å². The zero-order valence-electron chi connectivity index (χ0n) is 10.5. The Bertz CT molecular complexity index is 290. The van der Waals surface area contributed by atoms with Crippen molar-refractivity contribution in [3.63, 3.8) is 0 Å². The van der Waals surface area contributed by atoms with E-state index in [2.05, 4.69) is 50.4 Å². The van der Waals surface area contributed by atoms with Gasteiger partial charge in [0.15, 0.2) is 0 Å². The molecule has 2 heteroatoms. The summed E-state index contributed by atoms with van der Waals surface area (Å²) in [7, 11) is 0. The highest BCUT2D eigenvalue weighted by atomic mass is 16.3. The largest absolute Gasteiger partial charge is 0.395 e. The van der Waals surface area contributed by atoms with Gasteiger partial charge in [-0.25, -0.2) is 0 Å². The van der Waals surface area contributed by atoms with E-state index in [-0.39, 0.29) is 12.6 Å². The number of nitrogens with one attached hydrogen (secondary N) is 1. The Hall–Kier alpha value is -0.860. The van der Waals surface area contributed by atoms with Crippen LogP contribution in [0.1, 0.15) is 44.4 Å². The van der Waals surface area contributed by atoms with Crippen LogP contribution in [0.15, 0.2) is 24.3 Å². The first-order valence-corrected chi connectivity index (χ1v) is 6.17. The van der Waals surface area contributed by atoms with Crippen LogP contribution in [-0.4, -0.2) is 17.8 Å². The van der Waals surface area contributed by atoms with Crippen LogP contribution in [0.2, 0.25) is 0 Å². The van der Waals surface area contributed by atoms with Crippen molar-refractivity contribution in [1.29, 1.82) is 0 Å². The van der Waals surface area contributed by atoms with Crippen molar-refractivity contribution in [1.82, 2.24) is 5.32 Å². The van der Waals surface area contributed by atoms with Crippen LogP contribution in [0.4, 0.5) is 0 Å². The minimum absolute atomic E-state index is 0.195. The second-order valence-electron chi connectivity index (χ2n) is 4.27. The minimum Gasteiger partial charge on any atom is -0.395 e. The maximum atomic E-state index is 9.14. The average Bonchev–Trinajstić information content (AvgIpc) is 2.35. The molecule has 1 unspecified atom stereocenters. The lowest BCUT2D eigenvalue weighted by atomic mass is 10.0. The predicted octanol–water partition coefficient (Wildman–Crippen LogP) is 2.67. The number of aliphatic hydroxyl groups excluding tert-OH is 1. The molecule has 16 heavy (non-hydrogen) atoms. The molecule has 0 saturated heterocycles. The summed E-state index contributed by atoms with van der Waals surface area (Å²) in [5, 5.41) is 12.6. The van der Waals surface area contributed by atoms with Gasteiger partial charge in [-0.1, -0.05) is 38.1 Å². The molecular weight excluding hydrogens is 198 g/mol. The zero-order chi connectivity index (χ0) is 12.0. The molecule has 0 aliphatic rings. The van der Waals surface area contributed by atoms with Gasteiger partial charge in [-0.2, -0.15) is 0 Å². The van der Waals surface area contributed by atoms with E-state index in [4.69, 9.17) is 5.11 Å². The Kier molecular flexibility index (Phi) is 5.50. The van der Waals surface area contributed by atoms with Crippen LogP contribution in [0.5, 0.6) is 0 Å². The van der Waals surface area contributed by atoms with Gasteiger partial charge in [0.1, 0.15) is 0 Å². The predicted molar refractivity (Wildman–Crippen MR) is 68.5 cm³/mol. The lowest BCUT2D eigenvalue weighted by Gasteiger charge is -2.21. The molecular formula is C14H23NO. The standard InChI is InChI=1S/C14H23NO/c1-4-12-6-8-13(9-7-12)11(3)15-14(5-2)10-16/h6-9,11,14-16H,4-5,10H2,1-3H3/t11?,14-/m0/s1. The Morgan fingerprint density at radius 3 is 2.25 bits per heavy atom. The lowest BCUT2D eigenvalue weighted by molar-refractivity contribution is 0.230. The van der Waals surface area contributed by atoms with Crippen molar-refractivity contribution >= 4 is 0 Å². The highest BCUT2D eigenvalue weighted by molar-refractivity contribution is 5.24. The lowest BCUT2D eigenvalue weighted by Crippen LogP contribution is -2.33. The minimum atomic E-state index is 0.195. The van der Waals surface area contributed by atoms with Crippen molar-refractivity contribution in [3.8, 4) is 0 Å². The first-order valence-electron chi connectivity index (χ1n) is 6.17. The molecule has 0 aliphatic carbocycles. The van der Waals surface area contributed by atoms with Gasteiger partial charge in [0.05, 0.1) is 6.61 Å². The Balaban J connectivity index is 2.61. The fraction of sp³-hybridized carbons (Fsp3) is 0.571. The molecule has 0 bridgehead atoms. The van der Waals surface area contributed by atoms with Gasteiger partial charge >= 0.3 is 0 Å². The molecule has 1 rings (SSSR count). The van der Waals surface area contributed by atoms with E-state index < -0.39 is 0 Å². The SMILES string of the molecule is CCc1ccc(C(C)N[C@@H](CC)CO)cc1. The number of rotatable bonds is 6. The van der Waals surface area contributed by atoms with Crippen LogP contribution in [0, 0.1) is 0 Å². The Labute approximate surface area is 98.7 Å². The Morgan fingerprint density at radius 2 is 1.81 bits per heavy atom. The highest BCUT2D eigenvalue weighted by Gasteiger charge is 2.10. The summed E-state index contributed by atoms with van der Waals surface area (Å²) in [6, 6.07) is 9.17. The molecule has 0 amide bonds. The topological polar surface area (TPSA) is 32.3 Å². The summed E-state index contributed by atoms with van der Waals surface area (Å²) >= 11 is 0. The molecule has 0 aliphatic heterocycles. The quantitative estimate of drug-likeness (QED) is 0.774. The van der Waals surface area contributed by atoms with E-state index in [1.165, 1.54) is 11.1 Å². The number of aliphatic hydroxyl groups is 1. The number of benzene rings is 1.